The van der Waals surface area contributed by atoms with Gasteiger partial charge in [0.15, 0.2) is 0 Å². The Morgan fingerprint density at radius 1 is 1.15 bits per heavy atom. The summed E-state index contributed by atoms with van der Waals surface area (Å²) in [5, 5.41) is 8.62. The quantitative estimate of drug-likeness (QED) is 0.609. The van der Waals surface area contributed by atoms with E-state index in [0.717, 1.165) is 19.2 Å². The van der Waals surface area contributed by atoms with Crippen LogP contribution in [0.5, 0.6) is 0 Å². The Balaban J connectivity index is 2.46. The SMILES string of the molecule is CN(c1ccc(F)c(C(F)(F)F)c1)S(=O)(=O)c1cccc(/C=C/C(=O)O)c1. The van der Waals surface area contributed by atoms with Crippen molar-refractivity contribution in [2.45, 2.75) is 11.1 Å². The van der Waals surface area contributed by atoms with Crippen molar-refractivity contribution in [1.82, 2.24) is 0 Å². The summed E-state index contributed by atoms with van der Waals surface area (Å²) in [6, 6.07) is 7.04. The van der Waals surface area contributed by atoms with Gasteiger partial charge in [-0.05, 0) is 42.0 Å². The predicted molar refractivity (Wildman–Crippen MR) is 90.1 cm³/mol. The highest BCUT2D eigenvalue weighted by atomic mass is 32.2. The number of carbonyl (C=O) groups is 1. The largest absolute Gasteiger partial charge is 0.478 e. The average Bonchev–Trinajstić information content (AvgIpc) is 2.59. The first-order chi connectivity index (χ1) is 12.4. The van der Waals surface area contributed by atoms with Crippen LogP contribution in [0.25, 0.3) is 6.08 Å². The van der Waals surface area contributed by atoms with Crippen molar-refractivity contribution in [3.05, 3.63) is 65.5 Å². The second-order valence-corrected chi connectivity index (χ2v) is 7.35. The lowest BCUT2D eigenvalue weighted by Crippen LogP contribution is -2.27. The van der Waals surface area contributed by atoms with Crippen LogP contribution in [0.1, 0.15) is 11.1 Å². The highest BCUT2D eigenvalue weighted by molar-refractivity contribution is 7.92. The van der Waals surface area contributed by atoms with Gasteiger partial charge in [0.05, 0.1) is 16.1 Å². The van der Waals surface area contributed by atoms with Crippen LogP contribution in [0.3, 0.4) is 0 Å². The molecule has 0 aliphatic heterocycles. The minimum atomic E-state index is -4.98. The molecule has 0 radical (unpaired) electrons. The van der Waals surface area contributed by atoms with Crippen LogP contribution in [0.2, 0.25) is 0 Å². The Morgan fingerprint density at radius 3 is 2.41 bits per heavy atom. The Hall–Kier alpha value is -2.88. The molecule has 1 N–H and O–H groups in total. The number of carboxylic acid groups (broad SMARTS) is 1. The van der Waals surface area contributed by atoms with E-state index >= 15 is 0 Å². The Kier molecular flexibility index (Phi) is 5.59. The fourth-order valence-electron chi connectivity index (χ4n) is 2.17. The maximum Gasteiger partial charge on any atom is 0.419 e. The number of nitrogens with zero attached hydrogens (tertiary/aromatic N) is 1. The molecule has 2 aromatic rings. The van der Waals surface area contributed by atoms with Gasteiger partial charge in [-0.1, -0.05) is 12.1 Å². The van der Waals surface area contributed by atoms with Crippen LogP contribution in [0.4, 0.5) is 23.2 Å². The fourth-order valence-corrected chi connectivity index (χ4v) is 3.41. The third kappa shape index (κ3) is 4.64. The van der Waals surface area contributed by atoms with E-state index in [4.69, 9.17) is 5.11 Å². The number of carboxylic acids is 1. The highest BCUT2D eigenvalue weighted by Gasteiger charge is 2.35. The maximum atomic E-state index is 13.4. The molecule has 0 bridgehead atoms. The number of aliphatic carboxylic acids is 1. The van der Waals surface area contributed by atoms with Gasteiger partial charge in [0.1, 0.15) is 5.82 Å². The molecule has 0 saturated heterocycles. The molecule has 0 aromatic heterocycles. The van der Waals surface area contributed by atoms with Crippen molar-refractivity contribution in [3.8, 4) is 0 Å². The first kappa shape index (κ1) is 20.4. The van der Waals surface area contributed by atoms with Crippen molar-refractivity contribution < 1.29 is 35.9 Å². The normalized spacial score (nSPS) is 12.3. The van der Waals surface area contributed by atoms with Crippen molar-refractivity contribution in [1.29, 1.82) is 0 Å². The van der Waals surface area contributed by atoms with E-state index in [1.165, 1.54) is 30.3 Å². The van der Waals surface area contributed by atoms with Gasteiger partial charge in [-0.15, -0.1) is 0 Å². The smallest absolute Gasteiger partial charge is 0.419 e. The number of sulfonamides is 1. The zero-order valence-corrected chi connectivity index (χ0v) is 14.6. The number of anilines is 1. The highest BCUT2D eigenvalue weighted by Crippen LogP contribution is 2.34. The molecule has 0 heterocycles. The number of hydrogen-bond donors (Lipinski definition) is 1. The Labute approximate surface area is 152 Å². The summed E-state index contributed by atoms with van der Waals surface area (Å²) in [5.74, 6) is -2.75. The molecule has 2 aromatic carbocycles. The third-order valence-electron chi connectivity index (χ3n) is 3.55. The summed E-state index contributed by atoms with van der Waals surface area (Å²) in [6.07, 6.45) is -3.00. The molecule has 144 valence electrons. The number of alkyl halides is 3. The second kappa shape index (κ2) is 7.39. The van der Waals surface area contributed by atoms with Crippen LogP contribution >= 0.6 is 0 Å². The number of benzene rings is 2. The van der Waals surface area contributed by atoms with Crippen LogP contribution in [0, 0.1) is 5.82 Å². The number of hydrogen-bond acceptors (Lipinski definition) is 3. The van der Waals surface area contributed by atoms with Gasteiger partial charge in [-0.3, -0.25) is 4.31 Å². The molecule has 2 rings (SSSR count). The van der Waals surface area contributed by atoms with Gasteiger partial charge in [0.2, 0.25) is 0 Å². The monoisotopic (exact) mass is 403 g/mol. The van der Waals surface area contributed by atoms with Crippen molar-refractivity contribution >= 4 is 27.8 Å². The van der Waals surface area contributed by atoms with E-state index < -0.39 is 33.5 Å². The molecule has 0 aliphatic carbocycles. The average molecular weight is 403 g/mol. The molecule has 0 atom stereocenters. The summed E-state index contributed by atoms with van der Waals surface area (Å²) in [6.45, 7) is 0. The molecular weight excluding hydrogens is 390 g/mol. The lowest BCUT2D eigenvalue weighted by Gasteiger charge is -2.21. The summed E-state index contributed by atoms with van der Waals surface area (Å²) < 4.78 is 77.9. The predicted octanol–water partition coefficient (Wildman–Crippen LogP) is 3.77. The van der Waals surface area contributed by atoms with E-state index in [1.807, 2.05) is 0 Å². The lowest BCUT2D eigenvalue weighted by atomic mass is 10.2. The molecular formula is C17H13F4NO4S. The van der Waals surface area contributed by atoms with Crippen molar-refractivity contribution in [2.75, 3.05) is 11.4 Å². The second-order valence-electron chi connectivity index (χ2n) is 5.38. The Morgan fingerprint density at radius 2 is 1.81 bits per heavy atom. The Bertz CT molecular complexity index is 1000. The van der Waals surface area contributed by atoms with Crippen LogP contribution in [0.15, 0.2) is 53.4 Å². The molecule has 0 unspecified atom stereocenters. The maximum absolute atomic E-state index is 13.4. The van der Waals surface area contributed by atoms with Gasteiger partial charge in [0.25, 0.3) is 10.0 Å². The molecule has 0 amide bonds. The van der Waals surface area contributed by atoms with E-state index in [9.17, 15) is 30.8 Å². The van der Waals surface area contributed by atoms with E-state index in [2.05, 4.69) is 0 Å². The molecule has 10 heteroatoms. The minimum absolute atomic E-state index is 0.266. The van der Waals surface area contributed by atoms with Crippen molar-refractivity contribution in [3.63, 3.8) is 0 Å². The summed E-state index contributed by atoms with van der Waals surface area (Å²) in [5.41, 5.74) is -1.70. The standard InChI is InChI=1S/C17H13F4NO4S/c1-22(12-6-7-15(18)14(10-12)17(19,20)21)27(25,26)13-4-2-3-11(9-13)5-8-16(23)24/h2-10H,1H3,(H,23,24)/b8-5+. The van der Waals surface area contributed by atoms with Gasteiger partial charge >= 0.3 is 12.1 Å². The van der Waals surface area contributed by atoms with Crippen molar-refractivity contribution in [2.24, 2.45) is 0 Å². The molecule has 0 saturated carbocycles. The minimum Gasteiger partial charge on any atom is -0.478 e. The number of rotatable bonds is 5. The zero-order chi connectivity index (χ0) is 20.4. The fraction of sp³-hybridized carbons (Fsp3) is 0.118. The number of halogens is 4. The van der Waals surface area contributed by atoms with E-state index in [0.29, 0.717) is 16.4 Å². The zero-order valence-electron chi connectivity index (χ0n) is 13.7. The molecule has 27 heavy (non-hydrogen) atoms. The molecule has 0 fully saturated rings. The third-order valence-corrected chi connectivity index (χ3v) is 5.34. The van der Waals surface area contributed by atoms with Gasteiger partial charge in [-0.25, -0.2) is 17.6 Å². The van der Waals surface area contributed by atoms with Crippen LogP contribution in [-0.4, -0.2) is 26.5 Å². The van der Waals surface area contributed by atoms with Gasteiger partial charge in [0, 0.05) is 13.1 Å². The van der Waals surface area contributed by atoms with Gasteiger partial charge < -0.3 is 5.11 Å². The van der Waals surface area contributed by atoms with Gasteiger partial charge in [-0.2, -0.15) is 13.2 Å². The lowest BCUT2D eigenvalue weighted by molar-refractivity contribution is -0.140. The molecule has 0 aliphatic rings. The first-order valence-corrected chi connectivity index (χ1v) is 8.73. The molecule has 5 nitrogen and oxygen atoms in total. The van der Waals surface area contributed by atoms with E-state index in [1.54, 1.807) is 0 Å². The summed E-state index contributed by atoms with van der Waals surface area (Å²) >= 11 is 0. The first-order valence-electron chi connectivity index (χ1n) is 7.29. The topological polar surface area (TPSA) is 74.7 Å². The summed E-state index contributed by atoms with van der Waals surface area (Å²) in [4.78, 5) is 10.3. The van der Waals surface area contributed by atoms with Crippen LogP contribution < -0.4 is 4.31 Å². The van der Waals surface area contributed by atoms with E-state index in [-0.39, 0.29) is 16.1 Å². The van der Waals surface area contributed by atoms with Crippen LogP contribution in [-0.2, 0) is 21.0 Å². The summed E-state index contributed by atoms with van der Waals surface area (Å²) in [7, 11) is -3.24. The molecule has 0 spiro atoms.